The second kappa shape index (κ2) is 8.12. The average molecular weight is 296 g/mol. The van der Waals surface area contributed by atoms with Gasteiger partial charge in [0.05, 0.1) is 6.33 Å². The second-order valence-corrected chi connectivity index (χ2v) is 3.95. The largest absolute Gasteiger partial charge is 0.351 e. The molecular weight excluding hydrogens is 281 g/mol. The van der Waals surface area contributed by atoms with E-state index >= 15 is 0 Å². The summed E-state index contributed by atoms with van der Waals surface area (Å²) < 4.78 is 15.1. The first-order chi connectivity index (χ1) is 9.25. The van der Waals surface area contributed by atoms with Crippen molar-refractivity contribution >= 4 is 24.4 Å². The zero-order valence-electron chi connectivity index (χ0n) is 10.7. The minimum Gasteiger partial charge on any atom is -0.351 e. The number of hydrogen-bond acceptors (Lipinski definition) is 2. The number of halogens is 2. The van der Waals surface area contributed by atoms with Crippen LogP contribution in [0.2, 0.25) is 0 Å². The second-order valence-electron chi connectivity index (χ2n) is 3.95. The highest BCUT2D eigenvalue weighted by molar-refractivity contribution is 5.91. The predicted molar refractivity (Wildman–Crippen MR) is 77.9 cm³/mol. The van der Waals surface area contributed by atoms with Crippen LogP contribution in [0.15, 0.2) is 49.1 Å². The highest BCUT2D eigenvalue weighted by atomic mass is 35.5. The van der Waals surface area contributed by atoms with Crippen molar-refractivity contribution in [3.05, 3.63) is 60.4 Å². The van der Waals surface area contributed by atoms with E-state index in [0.29, 0.717) is 18.7 Å². The highest BCUT2D eigenvalue weighted by Gasteiger charge is 1.98. The van der Waals surface area contributed by atoms with Gasteiger partial charge in [-0.2, -0.15) is 0 Å². The number of aromatic nitrogens is 2. The highest BCUT2D eigenvalue weighted by Crippen LogP contribution is 2.07. The molecule has 2 rings (SSSR count). The number of benzene rings is 1. The topological polar surface area (TPSA) is 46.9 Å². The number of carbonyl (C=O) groups is 1. The Balaban J connectivity index is 0.00000200. The Morgan fingerprint density at radius 3 is 2.90 bits per heavy atom. The molecule has 1 amide bonds. The summed E-state index contributed by atoms with van der Waals surface area (Å²) in [5.74, 6) is -0.590. The monoisotopic (exact) mass is 295 g/mol. The van der Waals surface area contributed by atoms with Gasteiger partial charge in [-0.25, -0.2) is 9.37 Å². The van der Waals surface area contributed by atoms with Gasteiger partial charge in [-0.1, -0.05) is 18.2 Å². The van der Waals surface area contributed by atoms with Gasteiger partial charge in [-0.15, -0.1) is 12.4 Å². The normalized spacial score (nSPS) is 10.2. The van der Waals surface area contributed by atoms with E-state index in [1.54, 1.807) is 30.7 Å². The average Bonchev–Trinajstić information content (AvgIpc) is 2.91. The van der Waals surface area contributed by atoms with Crippen LogP contribution in [0.4, 0.5) is 4.39 Å². The number of imidazole rings is 1. The SMILES string of the molecule is Cl.O=C(C=Cc1ccccc1F)NCCn1ccnc1. The summed E-state index contributed by atoms with van der Waals surface area (Å²) in [7, 11) is 0. The van der Waals surface area contributed by atoms with Gasteiger partial charge in [0.15, 0.2) is 0 Å². The summed E-state index contributed by atoms with van der Waals surface area (Å²) in [5.41, 5.74) is 0.396. The summed E-state index contributed by atoms with van der Waals surface area (Å²) in [5, 5.41) is 2.71. The van der Waals surface area contributed by atoms with Crippen LogP contribution in [0, 0.1) is 5.82 Å². The van der Waals surface area contributed by atoms with Crippen molar-refractivity contribution in [3.63, 3.8) is 0 Å². The molecule has 0 saturated carbocycles. The molecule has 2 aromatic rings. The fraction of sp³-hybridized carbons (Fsp3) is 0.143. The smallest absolute Gasteiger partial charge is 0.244 e. The molecule has 0 bridgehead atoms. The molecule has 0 aliphatic heterocycles. The maximum Gasteiger partial charge on any atom is 0.244 e. The molecule has 0 aliphatic carbocycles. The van der Waals surface area contributed by atoms with E-state index in [4.69, 9.17) is 0 Å². The maximum atomic E-state index is 13.3. The van der Waals surface area contributed by atoms with Crippen LogP contribution in [0.1, 0.15) is 5.56 Å². The summed E-state index contributed by atoms with van der Waals surface area (Å²) in [4.78, 5) is 15.4. The van der Waals surface area contributed by atoms with Crippen LogP contribution in [-0.2, 0) is 11.3 Å². The number of amides is 1. The first kappa shape index (κ1) is 15.9. The molecule has 20 heavy (non-hydrogen) atoms. The third-order valence-electron chi connectivity index (χ3n) is 2.55. The molecule has 0 atom stereocenters. The van der Waals surface area contributed by atoms with Gasteiger partial charge in [-0.05, 0) is 12.1 Å². The minimum absolute atomic E-state index is 0. The van der Waals surface area contributed by atoms with Gasteiger partial charge >= 0.3 is 0 Å². The third kappa shape index (κ3) is 4.85. The lowest BCUT2D eigenvalue weighted by Gasteiger charge is -2.02. The summed E-state index contributed by atoms with van der Waals surface area (Å²) >= 11 is 0. The predicted octanol–water partition coefficient (Wildman–Crippen LogP) is 2.27. The fourth-order valence-corrected chi connectivity index (χ4v) is 1.56. The molecule has 106 valence electrons. The molecule has 0 aliphatic rings. The molecule has 4 nitrogen and oxygen atoms in total. The van der Waals surface area contributed by atoms with E-state index in [1.807, 2.05) is 10.8 Å². The number of carbonyl (C=O) groups excluding carboxylic acids is 1. The van der Waals surface area contributed by atoms with Crippen molar-refractivity contribution in [1.29, 1.82) is 0 Å². The molecule has 1 heterocycles. The standard InChI is InChI=1S/C14H14FN3O.ClH/c15-13-4-2-1-3-12(13)5-6-14(19)17-8-10-18-9-7-16-11-18;/h1-7,9,11H,8,10H2,(H,17,19);1H. The Hall–Kier alpha value is -2.14. The van der Waals surface area contributed by atoms with Crippen molar-refractivity contribution in [1.82, 2.24) is 14.9 Å². The first-order valence-electron chi connectivity index (χ1n) is 5.92. The van der Waals surface area contributed by atoms with Crippen molar-refractivity contribution in [2.45, 2.75) is 6.54 Å². The molecule has 0 unspecified atom stereocenters. The molecule has 0 fully saturated rings. The van der Waals surface area contributed by atoms with Gasteiger partial charge < -0.3 is 9.88 Å². The van der Waals surface area contributed by atoms with Gasteiger partial charge in [-0.3, -0.25) is 4.79 Å². The lowest BCUT2D eigenvalue weighted by Crippen LogP contribution is -2.25. The van der Waals surface area contributed by atoms with Gasteiger partial charge in [0.2, 0.25) is 5.91 Å². The van der Waals surface area contributed by atoms with E-state index in [2.05, 4.69) is 10.3 Å². The Morgan fingerprint density at radius 1 is 1.40 bits per heavy atom. The lowest BCUT2D eigenvalue weighted by molar-refractivity contribution is -0.116. The molecule has 1 aromatic heterocycles. The Kier molecular flexibility index (Phi) is 6.46. The van der Waals surface area contributed by atoms with Crippen LogP contribution < -0.4 is 5.32 Å². The number of hydrogen-bond donors (Lipinski definition) is 1. The third-order valence-corrected chi connectivity index (χ3v) is 2.55. The molecule has 1 N–H and O–H groups in total. The van der Waals surface area contributed by atoms with Gasteiger partial charge in [0.1, 0.15) is 5.82 Å². The van der Waals surface area contributed by atoms with Gasteiger partial charge in [0.25, 0.3) is 0 Å². The molecule has 0 saturated heterocycles. The fourth-order valence-electron chi connectivity index (χ4n) is 1.56. The first-order valence-corrected chi connectivity index (χ1v) is 5.92. The maximum absolute atomic E-state index is 13.3. The zero-order valence-corrected chi connectivity index (χ0v) is 11.5. The lowest BCUT2D eigenvalue weighted by atomic mass is 10.2. The van der Waals surface area contributed by atoms with Crippen LogP contribution in [0.3, 0.4) is 0 Å². The Labute approximate surface area is 122 Å². The molecule has 1 aromatic carbocycles. The van der Waals surface area contributed by atoms with Crippen molar-refractivity contribution in [3.8, 4) is 0 Å². The minimum atomic E-state index is -0.343. The van der Waals surface area contributed by atoms with E-state index in [0.717, 1.165) is 0 Å². The molecule has 0 spiro atoms. The van der Waals surface area contributed by atoms with E-state index in [-0.39, 0.29) is 24.1 Å². The quantitative estimate of drug-likeness (QED) is 0.860. The summed E-state index contributed by atoms with van der Waals surface area (Å²) in [6, 6.07) is 6.30. The summed E-state index contributed by atoms with van der Waals surface area (Å²) in [6.45, 7) is 1.15. The zero-order chi connectivity index (χ0) is 13.5. The van der Waals surface area contributed by atoms with E-state index in [9.17, 15) is 9.18 Å². The number of nitrogens with zero attached hydrogens (tertiary/aromatic N) is 2. The van der Waals surface area contributed by atoms with E-state index in [1.165, 1.54) is 18.2 Å². The Morgan fingerprint density at radius 2 is 2.20 bits per heavy atom. The van der Waals surface area contributed by atoms with Crippen LogP contribution in [0.5, 0.6) is 0 Å². The van der Waals surface area contributed by atoms with Crippen LogP contribution in [0.25, 0.3) is 6.08 Å². The summed E-state index contributed by atoms with van der Waals surface area (Å²) in [6.07, 6.45) is 7.97. The van der Waals surface area contributed by atoms with Crippen molar-refractivity contribution in [2.75, 3.05) is 6.54 Å². The van der Waals surface area contributed by atoms with Crippen LogP contribution >= 0.6 is 12.4 Å². The molecule has 0 radical (unpaired) electrons. The van der Waals surface area contributed by atoms with Crippen molar-refractivity contribution < 1.29 is 9.18 Å². The van der Waals surface area contributed by atoms with Gasteiger partial charge in [0, 0.05) is 37.1 Å². The number of rotatable bonds is 5. The van der Waals surface area contributed by atoms with Crippen molar-refractivity contribution in [2.24, 2.45) is 0 Å². The Bertz CT molecular complexity index is 570. The van der Waals surface area contributed by atoms with Crippen LogP contribution in [-0.4, -0.2) is 22.0 Å². The molecule has 6 heteroatoms. The number of nitrogens with one attached hydrogen (secondary N) is 1. The van der Waals surface area contributed by atoms with E-state index < -0.39 is 0 Å². The molecular formula is C14H15ClFN3O.